The second kappa shape index (κ2) is 14.1. The van der Waals surface area contributed by atoms with Gasteiger partial charge in [-0.15, -0.1) is 0 Å². The van der Waals surface area contributed by atoms with Crippen LogP contribution in [0.15, 0.2) is 206 Å². The molecule has 57 heavy (non-hydrogen) atoms. The first kappa shape index (κ1) is 34.2. The first-order chi connectivity index (χ1) is 28.3. The van der Waals surface area contributed by atoms with Gasteiger partial charge in [-0.1, -0.05) is 140 Å². The summed E-state index contributed by atoms with van der Waals surface area (Å²) in [5.74, 6) is 2.29. The fraction of sp³-hybridized carbons (Fsp3) is 0.200. The molecule has 0 aromatic heterocycles. The summed E-state index contributed by atoms with van der Waals surface area (Å²) in [6.45, 7) is 0. The molecule has 6 aromatic rings. The van der Waals surface area contributed by atoms with Crippen LogP contribution in [0.25, 0.3) is 0 Å². The molecule has 11 rings (SSSR count). The van der Waals surface area contributed by atoms with Gasteiger partial charge in [-0.2, -0.15) is 0 Å². The zero-order chi connectivity index (χ0) is 37.8. The van der Waals surface area contributed by atoms with E-state index in [1.165, 1.54) is 51.7 Å². The van der Waals surface area contributed by atoms with Crippen molar-refractivity contribution in [1.82, 2.24) is 0 Å². The molecule has 0 radical (unpaired) electrons. The average Bonchev–Trinajstić information content (AvgIpc) is 3.76. The molecule has 2 heteroatoms. The fourth-order valence-corrected chi connectivity index (χ4v) is 11.7. The van der Waals surface area contributed by atoms with Crippen molar-refractivity contribution in [1.29, 1.82) is 0 Å². The topological polar surface area (TPSA) is 6.48 Å². The summed E-state index contributed by atoms with van der Waals surface area (Å²) in [5, 5.41) is 0. The summed E-state index contributed by atoms with van der Waals surface area (Å²) in [5.41, 5.74) is 15.0. The summed E-state index contributed by atoms with van der Waals surface area (Å²) in [6, 6.07) is 58.6. The van der Waals surface area contributed by atoms with E-state index in [-0.39, 0.29) is 5.41 Å². The highest BCUT2D eigenvalue weighted by atomic mass is 15.2. The standard InChI is InChI=1S/C55H48N2/c1-5-18-41(19-6-1)56(42-20-7-2-8-21-42)45-35-32-39(33-36-45)40-34-37-47-46-26-13-15-28-49(46)55(52(47)38-40)50-29-16-14-27-48(50)54-51(55)30-17-31-53(54)57(43-22-9-3-10-23-43)44-24-11-4-12-25-44/h1-15,17-25,27,30-32,34-39,46,48-50H,16,26,28-29,33H2. The number of anilines is 5. The summed E-state index contributed by atoms with van der Waals surface area (Å²) >= 11 is 0. The van der Waals surface area contributed by atoms with E-state index in [0.29, 0.717) is 29.6 Å². The van der Waals surface area contributed by atoms with Crippen LogP contribution >= 0.6 is 0 Å². The minimum atomic E-state index is -0.0443. The number of allylic oxidation sites excluding steroid dienone is 7. The summed E-state index contributed by atoms with van der Waals surface area (Å²) in [7, 11) is 0. The second-order valence-electron chi connectivity index (χ2n) is 16.6. The third-order valence-corrected chi connectivity index (χ3v) is 13.9. The van der Waals surface area contributed by atoms with Gasteiger partial charge in [0.05, 0.1) is 5.69 Å². The van der Waals surface area contributed by atoms with Crippen LogP contribution in [0.4, 0.5) is 28.4 Å². The van der Waals surface area contributed by atoms with Gasteiger partial charge in [-0.25, -0.2) is 0 Å². The predicted octanol–water partition coefficient (Wildman–Crippen LogP) is 14.3. The second-order valence-corrected chi connectivity index (χ2v) is 16.6. The molecule has 0 amide bonds. The molecule has 2 nitrogen and oxygen atoms in total. The van der Waals surface area contributed by atoms with Gasteiger partial charge in [-0.05, 0) is 138 Å². The van der Waals surface area contributed by atoms with E-state index in [1.807, 2.05) is 0 Å². The lowest BCUT2D eigenvalue weighted by molar-refractivity contribution is 0.201. The highest BCUT2D eigenvalue weighted by molar-refractivity contribution is 5.82. The molecule has 0 N–H and O–H groups in total. The average molecular weight is 737 g/mol. The number of rotatable bonds is 7. The van der Waals surface area contributed by atoms with Gasteiger partial charge >= 0.3 is 0 Å². The minimum Gasteiger partial charge on any atom is -0.311 e. The summed E-state index contributed by atoms with van der Waals surface area (Å²) < 4.78 is 0. The Morgan fingerprint density at radius 2 is 1.14 bits per heavy atom. The molecule has 0 heterocycles. The minimum absolute atomic E-state index is 0.0443. The van der Waals surface area contributed by atoms with Crippen molar-refractivity contribution in [3.8, 4) is 0 Å². The highest BCUT2D eigenvalue weighted by Crippen LogP contribution is 2.70. The quantitative estimate of drug-likeness (QED) is 0.151. The number of benzene rings is 6. The van der Waals surface area contributed by atoms with Crippen molar-refractivity contribution in [2.24, 2.45) is 11.8 Å². The Labute approximate surface area is 337 Å². The third-order valence-electron chi connectivity index (χ3n) is 13.9. The van der Waals surface area contributed by atoms with Crippen LogP contribution in [0, 0.1) is 11.8 Å². The van der Waals surface area contributed by atoms with Crippen LogP contribution in [-0.2, 0) is 5.41 Å². The molecule has 278 valence electrons. The molecule has 0 fully saturated rings. The maximum Gasteiger partial charge on any atom is 0.0502 e. The van der Waals surface area contributed by atoms with Crippen LogP contribution < -0.4 is 9.80 Å². The molecule has 6 aromatic carbocycles. The molecule has 0 aliphatic heterocycles. The number of nitrogens with zero attached hydrogens (tertiary/aromatic N) is 2. The fourth-order valence-electron chi connectivity index (χ4n) is 11.7. The van der Waals surface area contributed by atoms with E-state index < -0.39 is 0 Å². The van der Waals surface area contributed by atoms with E-state index in [1.54, 1.807) is 16.7 Å². The Balaban J connectivity index is 1.04. The van der Waals surface area contributed by atoms with Crippen molar-refractivity contribution in [2.45, 2.75) is 55.3 Å². The number of para-hydroxylation sites is 4. The molecule has 5 aliphatic rings. The normalized spacial score (nSPS) is 25.0. The van der Waals surface area contributed by atoms with Crippen molar-refractivity contribution in [3.05, 3.63) is 234 Å². The summed E-state index contributed by atoms with van der Waals surface area (Å²) in [6.07, 6.45) is 22.9. The Hall–Kier alpha value is -6.12. The molecule has 0 saturated heterocycles. The van der Waals surface area contributed by atoms with Crippen LogP contribution in [0.5, 0.6) is 0 Å². The Bertz CT molecular complexity index is 2450. The van der Waals surface area contributed by atoms with Crippen LogP contribution in [0.3, 0.4) is 0 Å². The Kier molecular flexibility index (Phi) is 8.46. The van der Waals surface area contributed by atoms with Gasteiger partial charge in [0, 0.05) is 45.7 Å². The maximum absolute atomic E-state index is 2.69. The van der Waals surface area contributed by atoms with Gasteiger partial charge in [0.25, 0.3) is 0 Å². The first-order valence-corrected chi connectivity index (χ1v) is 21.1. The SMILES string of the molecule is C1=CC2c3c(N(c4ccccc4)c4ccccc4)cccc3C3(c4cc(C5C=CC(N(c6ccccc6)c6ccccc6)=CC5)ccc4C4CC=CCC43)C2CC1. The molecular formula is C55H48N2. The molecule has 6 atom stereocenters. The van der Waals surface area contributed by atoms with Crippen molar-refractivity contribution in [3.63, 3.8) is 0 Å². The van der Waals surface area contributed by atoms with Gasteiger partial charge in [0.1, 0.15) is 0 Å². The van der Waals surface area contributed by atoms with Gasteiger partial charge in [-0.3, -0.25) is 0 Å². The van der Waals surface area contributed by atoms with E-state index in [2.05, 4.69) is 210 Å². The van der Waals surface area contributed by atoms with E-state index in [4.69, 9.17) is 0 Å². The smallest absolute Gasteiger partial charge is 0.0502 e. The Morgan fingerprint density at radius 1 is 0.509 bits per heavy atom. The van der Waals surface area contributed by atoms with Crippen LogP contribution in [0.1, 0.15) is 77.7 Å². The largest absolute Gasteiger partial charge is 0.311 e. The molecule has 0 bridgehead atoms. The van der Waals surface area contributed by atoms with Gasteiger partial charge < -0.3 is 9.80 Å². The van der Waals surface area contributed by atoms with Crippen LogP contribution in [0.2, 0.25) is 0 Å². The molecule has 5 aliphatic carbocycles. The third kappa shape index (κ3) is 5.45. The number of hydrogen-bond donors (Lipinski definition) is 0. The lowest BCUT2D eigenvalue weighted by atomic mass is 9.59. The first-order valence-electron chi connectivity index (χ1n) is 21.1. The molecule has 0 saturated carbocycles. The van der Waals surface area contributed by atoms with Gasteiger partial charge in [0.15, 0.2) is 0 Å². The van der Waals surface area contributed by atoms with Gasteiger partial charge in [0.2, 0.25) is 0 Å². The zero-order valence-corrected chi connectivity index (χ0v) is 32.4. The lowest BCUT2D eigenvalue weighted by Crippen LogP contribution is -2.40. The lowest BCUT2D eigenvalue weighted by Gasteiger charge is -2.43. The van der Waals surface area contributed by atoms with Crippen molar-refractivity contribution < 1.29 is 0 Å². The van der Waals surface area contributed by atoms with E-state index in [0.717, 1.165) is 25.7 Å². The number of hydrogen-bond acceptors (Lipinski definition) is 2. The Morgan fingerprint density at radius 3 is 1.77 bits per heavy atom. The summed E-state index contributed by atoms with van der Waals surface area (Å²) in [4.78, 5) is 4.91. The monoisotopic (exact) mass is 736 g/mol. The van der Waals surface area contributed by atoms with Crippen molar-refractivity contribution >= 4 is 28.4 Å². The molecule has 6 unspecified atom stereocenters. The molecule has 1 spiro atoms. The van der Waals surface area contributed by atoms with Crippen LogP contribution in [-0.4, -0.2) is 0 Å². The zero-order valence-electron chi connectivity index (χ0n) is 32.4. The van der Waals surface area contributed by atoms with E-state index in [9.17, 15) is 0 Å². The number of fused-ring (bicyclic) bond motifs is 10. The highest BCUT2D eigenvalue weighted by Gasteiger charge is 2.63. The predicted molar refractivity (Wildman–Crippen MR) is 237 cm³/mol. The van der Waals surface area contributed by atoms with E-state index >= 15 is 0 Å². The molecular weight excluding hydrogens is 689 g/mol. The maximum atomic E-state index is 2.69. The van der Waals surface area contributed by atoms with Crippen molar-refractivity contribution in [2.75, 3.05) is 9.80 Å².